The Labute approximate surface area is 150 Å². The summed E-state index contributed by atoms with van der Waals surface area (Å²) >= 11 is 0.817. The summed E-state index contributed by atoms with van der Waals surface area (Å²) in [7, 11) is -1.95. The Hall–Kier alpha value is -2.20. The molecule has 1 atom stereocenters. The minimum atomic E-state index is -3.46. The fourth-order valence-electron chi connectivity index (χ4n) is 1.91. The molecule has 0 fully saturated rings. The van der Waals surface area contributed by atoms with Gasteiger partial charge in [-0.1, -0.05) is 30.4 Å². The normalized spacial score (nSPS) is 12.4. The van der Waals surface area contributed by atoms with E-state index in [9.17, 15) is 13.2 Å². The number of amides is 1. The van der Waals surface area contributed by atoms with Crippen LogP contribution in [-0.4, -0.2) is 43.5 Å². The maximum Gasteiger partial charge on any atom is 0.266 e. The van der Waals surface area contributed by atoms with Crippen molar-refractivity contribution in [3.63, 3.8) is 0 Å². The highest BCUT2D eigenvalue weighted by atomic mass is 32.2. The van der Waals surface area contributed by atoms with Gasteiger partial charge < -0.3 is 9.47 Å². The maximum atomic E-state index is 12.2. The van der Waals surface area contributed by atoms with Gasteiger partial charge in [-0.05, 0) is 25.5 Å². The van der Waals surface area contributed by atoms with Crippen LogP contribution in [0.15, 0.2) is 28.6 Å². The van der Waals surface area contributed by atoms with E-state index in [-0.39, 0.29) is 15.2 Å². The van der Waals surface area contributed by atoms with E-state index in [0.717, 1.165) is 11.3 Å². The minimum absolute atomic E-state index is 0.0110. The van der Waals surface area contributed by atoms with Crippen molar-refractivity contribution < 1.29 is 22.7 Å². The third-order valence-corrected chi connectivity index (χ3v) is 6.32. The first-order valence-corrected chi connectivity index (χ1v) is 10.0. The van der Waals surface area contributed by atoms with Crippen LogP contribution in [0, 0.1) is 0 Å². The Morgan fingerprint density at radius 1 is 1.28 bits per heavy atom. The molecule has 0 radical (unpaired) electrons. The van der Waals surface area contributed by atoms with Crippen molar-refractivity contribution in [1.82, 2.24) is 10.2 Å². The summed E-state index contributed by atoms with van der Waals surface area (Å²) in [5, 5.41) is 9.96. The van der Waals surface area contributed by atoms with Crippen LogP contribution in [-0.2, 0) is 14.6 Å². The molecule has 0 aliphatic heterocycles. The van der Waals surface area contributed by atoms with Crippen LogP contribution in [0.25, 0.3) is 0 Å². The minimum Gasteiger partial charge on any atom is -0.493 e. The third-order valence-electron chi connectivity index (χ3n) is 3.12. The van der Waals surface area contributed by atoms with Gasteiger partial charge in [0.2, 0.25) is 19.3 Å². The molecule has 1 amide bonds. The monoisotopic (exact) mass is 385 g/mol. The number of benzene rings is 1. The maximum absolute atomic E-state index is 12.2. The summed E-state index contributed by atoms with van der Waals surface area (Å²) in [6, 6.07) is 6.95. The molecule has 1 heterocycles. The SMILES string of the molecule is CCCS(=O)(=O)c1nnc(NC(=O)[C@H](C)Oc2ccccc2OC)s1. The van der Waals surface area contributed by atoms with Crippen LogP contribution in [0.4, 0.5) is 5.13 Å². The van der Waals surface area contributed by atoms with Gasteiger partial charge in [-0.25, -0.2) is 8.42 Å². The molecule has 1 aromatic carbocycles. The summed E-state index contributed by atoms with van der Waals surface area (Å²) < 4.78 is 34.5. The van der Waals surface area contributed by atoms with Gasteiger partial charge in [-0.15, -0.1) is 10.2 Å². The number of nitrogens with zero attached hydrogens (tertiary/aromatic N) is 2. The van der Waals surface area contributed by atoms with Crippen LogP contribution in [0.2, 0.25) is 0 Å². The average Bonchev–Trinajstić information content (AvgIpc) is 3.04. The molecule has 0 spiro atoms. The number of sulfone groups is 1. The lowest BCUT2D eigenvalue weighted by Gasteiger charge is -2.15. The molecule has 0 bridgehead atoms. The first-order valence-electron chi connectivity index (χ1n) is 7.54. The molecule has 1 N–H and O–H groups in total. The smallest absolute Gasteiger partial charge is 0.266 e. The number of hydrogen-bond donors (Lipinski definition) is 1. The van der Waals surface area contributed by atoms with E-state index in [1.54, 1.807) is 38.1 Å². The molecule has 0 unspecified atom stereocenters. The van der Waals surface area contributed by atoms with Gasteiger partial charge >= 0.3 is 0 Å². The number of rotatable bonds is 8. The van der Waals surface area contributed by atoms with Crippen molar-refractivity contribution in [2.24, 2.45) is 0 Å². The Morgan fingerprint density at radius 3 is 2.60 bits per heavy atom. The first-order chi connectivity index (χ1) is 11.9. The zero-order valence-corrected chi connectivity index (χ0v) is 15.7. The fourth-order valence-corrected chi connectivity index (χ4v) is 4.26. The van der Waals surface area contributed by atoms with Crippen molar-refractivity contribution >= 4 is 32.2 Å². The Balaban J connectivity index is 2.03. The number of para-hydroxylation sites is 2. The standard InChI is InChI=1S/C15H19N3O5S2/c1-4-9-25(20,21)15-18-17-14(24-15)16-13(19)10(2)23-12-8-6-5-7-11(12)22-3/h5-8,10H,4,9H2,1-3H3,(H,16,17,19)/t10-/m0/s1. The number of carbonyl (C=O) groups excluding carboxylic acids is 1. The molecule has 0 saturated heterocycles. The number of ether oxygens (including phenoxy) is 2. The van der Waals surface area contributed by atoms with Crippen LogP contribution in [0.5, 0.6) is 11.5 Å². The summed E-state index contributed by atoms with van der Waals surface area (Å²) in [5.41, 5.74) is 0. The van der Waals surface area contributed by atoms with Crippen molar-refractivity contribution in [2.75, 3.05) is 18.2 Å². The lowest BCUT2D eigenvalue weighted by molar-refractivity contribution is -0.122. The molecular weight excluding hydrogens is 366 g/mol. The van der Waals surface area contributed by atoms with Gasteiger partial charge in [0.15, 0.2) is 17.6 Å². The van der Waals surface area contributed by atoms with Gasteiger partial charge in [0, 0.05) is 0 Å². The van der Waals surface area contributed by atoms with Crippen molar-refractivity contribution in [1.29, 1.82) is 0 Å². The zero-order valence-electron chi connectivity index (χ0n) is 14.1. The third kappa shape index (κ3) is 4.89. The largest absolute Gasteiger partial charge is 0.493 e. The van der Waals surface area contributed by atoms with E-state index in [2.05, 4.69) is 15.5 Å². The van der Waals surface area contributed by atoms with Crippen LogP contribution >= 0.6 is 11.3 Å². The van der Waals surface area contributed by atoms with E-state index < -0.39 is 21.8 Å². The molecule has 2 rings (SSSR count). The van der Waals surface area contributed by atoms with Gasteiger partial charge in [-0.2, -0.15) is 0 Å². The molecule has 25 heavy (non-hydrogen) atoms. The van der Waals surface area contributed by atoms with Gasteiger partial charge in [0.05, 0.1) is 12.9 Å². The van der Waals surface area contributed by atoms with E-state index in [1.165, 1.54) is 7.11 Å². The highest BCUT2D eigenvalue weighted by Crippen LogP contribution is 2.27. The number of anilines is 1. The van der Waals surface area contributed by atoms with Crippen LogP contribution < -0.4 is 14.8 Å². The average molecular weight is 385 g/mol. The quantitative estimate of drug-likeness (QED) is 0.694. The Kier molecular flexibility index (Phi) is 6.32. The Morgan fingerprint density at radius 2 is 1.96 bits per heavy atom. The molecule has 0 saturated carbocycles. The van der Waals surface area contributed by atoms with E-state index in [4.69, 9.17) is 9.47 Å². The second-order valence-electron chi connectivity index (χ2n) is 5.09. The van der Waals surface area contributed by atoms with Crippen molar-refractivity contribution in [3.8, 4) is 11.5 Å². The molecule has 10 heteroatoms. The van der Waals surface area contributed by atoms with Crippen molar-refractivity contribution in [2.45, 2.75) is 30.7 Å². The number of nitrogens with one attached hydrogen (secondary N) is 1. The molecule has 2 aromatic rings. The van der Waals surface area contributed by atoms with Gasteiger partial charge in [0.1, 0.15) is 0 Å². The van der Waals surface area contributed by atoms with Crippen LogP contribution in [0.3, 0.4) is 0 Å². The molecule has 0 aliphatic carbocycles. The van der Waals surface area contributed by atoms with E-state index in [1.807, 2.05) is 0 Å². The second kappa shape index (κ2) is 8.26. The molecular formula is C15H19N3O5S2. The number of methoxy groups -OCH3 is 1. The Bertz CT molecular complexity index is 835. The van der Waals surface area contributed by atoms with Gasteiger partial charge in [0.25, 0.3) is 5.91 Å². The topological polar surface area (TPSA) is 107 Å². The van der Waals surface area contributed by atoms with Crippen molar-refractivity contribution in [3.05, 3.63) is 24.3 Å². The number of hydrogen-bond acceptors (Lipinski definition) is 8. The highest BCUT2D eigenvalue weighted by Gasteiger charge is 2.22. The zero-order chi connectivity index (χ0) is 18.4. The van der Waals surface area contributed by atoms with Gasteiger partial charge in [-0.3, -0.25) is 10.1 Å². The summed E-state index contributed by atoms with van der Waals surface area (Å²) in [4.78, 5) is 12.2. The molecule has 0 aliphatic rings. The lowest BCUT2D eigenvalue weighted by Crippen LogP contribution is -2.30. The second-order valence-corrected chi connectivity index (χ2v) is 8.35. The van der Waals surface area contributed by atoms with E-state index >= 15 is 0 Å². The molecule has 1 aromatic heterocycles. The van der Waals surface area contributed by atoms with Crippen LogP contribution in [0.1, 0.15) is 20.3 Å². The molecule has 8 nitrogen and oxygen atoms in total. The highest BCUT2D eigenvalue weighted by molar-refractivity contribution is 7.93. The molecule has 136 valence electrons. The summed E-state index contributed by atoms with van der Waals surface area (Å²) in [6.45, 7) is 3.33. The first kappa shape index (κ1) is 19.1. The number of aromatic nitrogens is 2. The van der Waals surface area contributed by atoms with E-state index in [0.29, 0.717) is 17.9 Å². The predicted molar refractivity (Wildman–Crippen MR) is 94.0 cm³/mol. The lowest BCUT2D eigenvalue weighted by atomic mass is 10.3. The predicted octanol–water partition coefficient (Wildman–Crippen LogP) is 2.14. The fraction of sp³-hybridized carbons (Fsp3) is 0.400. The number of carbonyl (C=O) groups is 1. The summed E-state index contributed by atoms with van der Waals surface area (Å²) in [5.74, 6) is 0.451. The summed E-state index contributed by atoms with van der Waals surface area (Å²) in [6.07, 6.45) is -0.358.